The predicted molar refractivity (Wildman–Crippen MR) is 56.1 cm³/mol. The molecule has 0 aromatic carbocycles. The second-order valence-corrected chi connectivity index (χ2v) is 4.30. The lowest BCUT2D eigenvalue weighted by atomic mass is 9.89. The standard InChI is InChI=1S/C11H16N2O2/c1-11(3-4-12-8-11)10(14)13-6-9-2-5-15-7-9/h2,5,7,12H,3-4,6,8H2,1H3,(H,13,14). The Morgan fingerprint density at radius 3 is 3.20 bits per heavy atom. The summed E-state index contributed by atoms with van der Waals surface area (Å²) in [6.45, 7) is 4.24. The molecule has 1 aromatic rings. The van der Waals surface area contributed by atoms with Crippen molar-refractivity contribution in [1.82, 2.24) is 10.6 Å². The van der Waals surface area contributed by atoms with Crippen LogP contribution in [0.15, 0.2) is 23.0 Å². The third-order valence-electron chi connectivity index (χ3n) is 2.95. The average Bonchev–Trinajstić information content (AvgIpc) is 2.85. The lowest BCUT2D eigenvalue weighted by Gasteiger charge is -2.21. The van der Waals surface area contributed by atoms with Gasteiger partial charge < -0.3 is 15.1 Å². The van der Waals surface area contributed by atoms with E-state index in [9.17, 15) is 4.79 Å². The number of carbonyl (C=O) groups is 1. The van der Waals surface area contributed by atoms with E-state index in [-0.39, 0.29) is 11.3 Å². The van der Waals surface area contributed by atoms with E-state index < -0.39 is 0 Å². The first kappa shape index (κ1) is 10.2. The first-order chi connectivity index (χ1) is 7.21. The minimum Gasteiger partial charge on any atom is -0.472 e. The normalized spacial score (nSPS) is 25.4. The number of amides is 1. The van der Waals surface area contributed by atoms with Crippen LogP contribution in [0.1, 0.15) is 18.9 Å². The molecular formula is C11H16N2O2. The largest absolute Gasteiger partial charge is 0.472 e. The van der Waals surface area contributed by atoms with Crippen molar-refractivity contribution in [3.05, 3.63) is 24.2 Å². The van der Waals surface area contributed by atoms with E-state index in [4.69, 9.17) is 4.42 Å². The maximum absolute atomic E-state index is 11.9. The summed E-state index contributed by atoms with van der Waals surface area (Å²) in [5, 5.41) is 6.14. The second kappa shape index (κ2) is 4.06. The van der Waals surface area contributed by atoms with Crippen molar-refractivity contribution in [2.75, 3.05) is 13.1 Å². The molecule has 1 saturated heterocycles. The van der Waals surface area contributed by atoms with Crippen molar-refractivity contribution < 1.29 is 9.21 Å². The Kier molecular flexibility index (Phi) is 2.77. The van der Waals surface area contributed by atoms with Crippen LogP contribution in [0, 0.1) is 5.41 Å². The Balaban J connectivity index is 1.87. The predicted octanol–water partition coefficient (Wildman–Crippen LogP) is 0.895. The summed E-state index contributed by atoms with van der Waals surface area (Å²) in [6.07, 6.45) is 4.17. The Hall–Kier alpha value is -1.29. The quantitative estimate of drug-likeness (QED) is 0.775. The van der Waals surface area contributed by atoms with Crippen molar-refractivity contribution >= 4 is 5.91 Å². The van der Waals surface area contributed by atoms with Crippen LogP contribution >= 0.6 is 0 Å². The molecule has 4 heteroatoms. The van der Waals surface area contributed by atoms with Crippen LogP contribution < -0.4 is 10.6 Å². The Labute approximate surface area is 89.0 Å². The SMILES string of the molecule is CC1(C(=O)NCc2ccoc2)CCNC1. The molecule has 1 aromatic heterocycles. The fourth-order valence-corrected chi connectivity index (χ4v) is 1.80. The topological polar surface area (TPSA) is 54.3 Å². The average molecular weight is 208 g/mol. The molecule has 2 rings (SSSR count). The van der Waals surface area contributed by atoms with Gasteiger partial charge in [-0.05, 0) is 26.0 Å². The lowest BCUT2D eigenvalue weighted by molar-refractivity contribution is -0.129. The van der Waals surface area contributed by atoms with Gasteiger partial charge in [-0.1, -0.05) is 0 Å². The zero-order valence-corrected chi connectivity index (χ0v) is 8.88. The van der Waals surface area contributed by atoms with Gasteiger partial charge in [-0.3, -0.25) is 4.79 Å². The van der Waals surface area contributed by atoms with Gasteiger partial charge in [0.1, 0.15) is 0 Å². The molecular weight excluding hydrogens is 192 g/mol. The molecule has 15 heavy (non-hydrogen) atoms. The molecule has 82 valence electrons. The molecule has 4 nitrogen and oxygen atoms in total. The number of hydrogen-bond acceptors (Lipinski definition) is 3. The molecule has 1 fully saturated rings. The highest BCUT2D eigenvalue weighted by molar-refractivity contribution is 5.82. The molecule has 2 N–H and O–H groups in total. The summed E-state index contributed by atoms with van der Waals surface area (Å²) in [4.78, 5) is 11.9. The summed E-state index contributed by atoms with van der Waals surface area (Å²) < 4.78 is 4.93. The smallest absolute Gasteiger partial charge is 0.227 e. The molecule has 2 heterocycles. The van der Waals surface area contributed by atoms with Gasteiger partial charge in [-0.25, -0.2) is 0 Å². The van der Waals surface area contributed by atoms with E-state index in [1.54, 1.807) is 12.5 Å². The third-order valence-corrected chi connectivity index (χ3v) is 2.95. The monoisotopic (exact) mass is 208 g/mol. The van der Waals surface area contributed by atoms with Gasteiger partial charge >= 0.3 is 0 Å². The third kappa shape index (κ3) is 2.21. The summed E-state index contributed by atoms with van der Waals surface area (Å²) >= 11 is 0. The summed E-state index contributed by atoms with van der Waals surface area (Å²) in [6, 6.07) is 1.86. The molecule has 1 atom stereocenters. The minimum atomic E-state index is -0.246. The Morgan fingerprint density at radius 2 is 2.60 bits per heavy atom. The van der Waals surface area contributed by atoms with Gasteiger partial charge in [0.25, 0.3) is 0 Å². The van der Waals surface area contributed by atoms with Gasteiger partial charge in [-0.15, -0.1) is 0 Å². The molecule has 1 aliphatic rings. The van der Waals surface area contributed by atoms with Crippen molar-refractivity contribution in [1.29, 1.82) is 0 Å². The zero-order valence-electron chi connectivity index (χ0n) is 8.88. The van der Waals surface area contributed by atoms with E-state index in [0.717, 1.165) is 25.1 Å². The van der Waals surface area contributed by atoms with Gasteiger partial charge in [0.15, 0.2) is 0 Å². The van der Waals surface area contributed by atoms with E-state index in [1.807, 2.05) is 13.0 Å². The van der Waals surface area contributed by atoms with Gasteiger partial charge in [0, 0.05) is 18.7 Å². The van der Waals surface area contributed by atoms with Crippen molar-refractivity contribution in [2.24, 2.45) is 5.41 Å². The molecule has 1 amide bonds. The zero-order chi connectivity index (χ0) is 10.7. The molecule has 0 saturated carbocycles. The first-order valence-corrected chi connectivity index (χ1v) is 5.21. The van der Waals surface area contributed by atoms with E-state index in [2.05, 4.69) is 10.6 Å². The fourth-order valence-electron chi connectivity index (χ4n) is 1.80. The number of rotatable bonds is 3. The number of hydrogen-bond donors (Lipinski definition) is 2. The van der Waals surface area contributed by atoms with Crippen molar-refractivity contribution in [3.63, 3.8) is 0 Å². The second-order valence-electron chi connectivity index (χ2n) is 4.30. The van der Waals surface area contributed by atoms with Crippen molar-refractivity contribution in [3.8, 4) is 0 Å². The highest BCUT2D eigenvalue weighted by atomic mass is 16.3. The van der Waals surface area contributed by atoms with Gasteiger partial charge in [0.05, 0.1) is 17.9 Å². The molecule has 0 spiro atoms. The van der Waals surface area contributed by atoms with Crippen LogP contribution in [0.4, 0.5) is 0 Å². The van der Waals surface area contributed by atoms with Gasteiger partial charge in [-0.2, -0.15) is 0 Å². The van der Waals surface area contributed by atoms with Crippen LogP contribution in [0.3, 0.4) is 0 Å². The lowest BCUT2D eigenvalue weighted by Crippen LogP contribution is -2.39. The number of carbonyl (C=O) groups excluding carboxylic acids is 1. The van der Waals surface area contributed by atoms with Crippen LogP contribution in [-0.2, 0) is 11.3 Å². The highest BCUT2D eigenvalue weighted by Crippen LogP contribution is 2.24. The molecule has 1 aliphatic heterocycles. The van der Waals surface area contributed by atoms with E-state index in [1.165, 1.54) is 0 Å². The molecule has 0 bridgehead atoms. The maximum atomic E-state index is 11.9. The Morgan fingerprint density at radius 1 is 1.73 bits per heavy atom. The summed E-state index contributed by atoms with van der Waals surface area (Å²) in [7, 11) is 0. The van der Waals surface area contributed by atoms with E-state index in [0.29, 0.717) is 6.54 Å². The summed E-state index contributed by atoms with van der Waals surface area (Å²) in [5.74, 6) is 0.119. The van der Waals surface area contributed by atoms with Crippen LogP contribution in [0.2, 0.25) is 0 Å². The Bertz CT molecular complexity index is 326. The van der Waals surface area contributed by atoms with Crippen LogP contribution in [0.25, 0.3) is 0 Å². The summed E-state index contributed by atoms with van der Waals surface area (Å²) in [5.41, 5.74) is 0.752. The van der Waals surface area contributed by atoms with Crippen LogP contribution in [0.5, 0.6) is 0 Å². The molecule has 0 radical (unpaired) electrons. The fraction of sp³-hybridized carbons (Fsp3) is 0.545. The van der Waals surface area contributed by atoms with Crippen LogP contribution in [-0.4, -0.2) is 19.0 Å². The highest BCUT2D eigenvalue weighted by Gasteiger charge is 2.35. The molecule has 1 unspecified atom stereocenters. The first-order valence-electron chi connectivity index (χ1n) is 5.21. The van der Waals surface area contributed by atoms with Gasteiger partial charge in [0.2, 0.25) is 5.91 Å². The maximum Gasteiger partial charge on any atom is 0.227 e. The molecule has 0 aliphatic carbocycles. The van der Waals surface area contributed by atoms with Crippen molar-refractivity contribution in [2.45, 2.75) is 19.9 Å². The van der Waals surface area contributed by atoms with E-state index >= 15 is 0 Å². The number of furan rings is 1. The number of nitrogens with one attached hydrogen (secondary N) is 2. The minimum absolute atomic E-state index is 0.119.